The number of hydrogen-bond acceptors (Lipinski definition) is 3. The highest BCUT2D eigenvalue weighted by Gasteiger charge is 2.33. The molecule has 1 aromatic carbocycles. The zero-order chi connectivity index (χ0) is 17.4. The third-order valence-corrected chi connectivity index (χ3v) is 4.83. The van der Waals surface area contributed by atoms with Crippen LogP contribution in [0.1, 0.15) is 37.7 Å². The van der Waals surface area contributed by atoms with Crippen molar-refractivity contribution in [2.75, 3.05) is 27.3 Å². The Morgan fingerprint density at radius 2 is 2.08 bits per heavy atom. The largest absolute Gasteiger partial charge is 0.505 e. The molecule has 24 heavy (non-hydrogen) atoms. The van der Waals surface area contributed by atoms with Crippen LogP contribution in [0.4, 0.5) is 4.39 Å². The number of phenols is 1. The molecule has 0 aliphatic heterocycles. The molecule has 0 spiro atoms. The van der Waals surface area contributed by atoms with Crippen molar-refractivity contribution in [3.63, 3.8) is 0 Å². The molecular formula is C18H28FN3O2. The Balaban J connectivity index is 1.86. The zero-order valence-electron chi connectivity index (χ0n) is 14.6. The maximum atomic E-state index is 13.4. The van der Waals surface area contributed by atoms with Gasteiger partial charge in [-0.25, -0.2) is 4.39 Å². The van der Waals surface area contributed by atoms with E-state index in [0.717, 1.165) is 25.1 Å². The fourth-order valence-electron chi connectivity index (χ4n) is 3.30. The average molecular weight is 337 g/mol. The fourth-order valence-corrected chi connectivity index (χ4v) is 3.30. The van der Waals surface area contributed by atoms with E-state index in [1.807, 2.05) is 0 Å². The molecule has 0 aromatic heterocycles. The van der Waals surface area contributed by atoms with Crippen LogP contribution in [0.25, 0.3) is 0 Å². The van der Waals surface area contributed by atoms with Crippen molar-refractivity contribution < 1.29 is 14.2 Å². The summed E-state index contributed by atoms with van der Waals surface area (Å²) < 4.78 is 18.6. The lowest BCUT2D eigenvalue weighted by Gasteiger charge is -2.30. The highest BCUT2D eigenvalue weighted by molar-refractivity contribution is 5.79. The molecule has 134 valence electrons. The minimum absolute atomic E-state index is 0.276. The van der Waals surface area contributed by atoms with Crippen LogP contribution in [0.2, 0.25) is 0 Å². The predicted molar refractivity (Wildman–Crippen MR) is 93.7 cm³/mol. The SMILES string of the molecule is CN=C(NCc1ccc(O)c(F)c1)NCC1(CCOC)CCCC1. The van der Waals surface area contributed by atoms with Gasteiger partial charge in [-0.05, 0) is 42.4 Å². The summed E-state index contributed by atoms with van der Waals surface area (Å²) in [5.41, 5.74) is 1.03. The number of benzene rings is 1. The first kappa shape index (κ1) is 18.5. The molecule has 3 N–H and O–H groups in total. The van der Waals surface area contributed by atoms with Gasteiger partial charge in [0.25, 0.3) is 0 Å². The molecule has 2 rings (SSSR count). The Kier molecular flexibility index (Phi) is 6.85. The van der Waals surface area contributed by atoms with Gasteiger partial charge in [0.2, 0.25) is 0 Å². The predicted octanol–water partition coefficient (Wildman–Crippen LogP) is 2.79. The standard InChI is InChI=1S/C18H28FN3O2/c1-20-17(21-12-14-5-6-16(23)15(19)11-14)22-13-18(9-10-24-2)7-3-4-8-18/h5-6,11,23H,3-4,7-10,12-13H2,1-2H3,(H2,20,21,22). The van der Waals surface area contributed by atoms with Crippen LogP contribution >= 0.6 is 0 Å². The monoisotopic (exact) mass is 337 g/mol. The Bertz CT molecular complexity index is 557. The topological polar surface area (TPSA) is 65.9 Å². The molecule has 0 heterocycles. The minimum Gasteiger partial charge on any atom is -0.505 e. The van der Waals surface area contributed by atoms with Crippen LogP contribution in [-0.2, 0) is 11.3 Å². The van der Waals surface area contributed by atoms with E-state index in [1.54, 1.807) is 20.2 Å². The maximum absolute atomic E-state index is 13.4. The molecule has 0 unspecified atom stereocenters. The van der Waals surface area contributed by atoms with Crippen LogP contribution in [0.15, 0.2) is 23.2 Å². The Hall–Kier alpha value is -1.82. The minimum atomic E-state index is -0.610. The second-order valence-corrected chi connectivity index (χ2v) is 6.51. The summed E-state index contributed by atoms with van der Waals surface area (Å²) in [5.74, 6) is -0.239. The number of methoxy groups -OCH3 is 1. The summed E-state index contributed by atoms with van der Waals surface area (Å²) in [4.78, 5) is 4.24. The van der Waals surface area contributed by atoms with Crippen molar-refractivity contribution in [3.8, 4) is 5.75 Å². The highest BCUT2D eigenvalue weighted by Crippen LogP contribution is 2.40. The van der Waals surface area contributed by atoms with Gasteiger partial charge >= 0.3 is 0 Å². The van der Waals surface area contributed by atoms with Gasteiger partial charge in [0.1, 0.15) is 0 Å². The number of aromatic hydroxyl groups is 1. The van der Waals surface area contributed by atoms with Gasteiger partial charge in [-0.1, -0.05) is 18.9 Å². The number of hydrogen-bond donors (Lipinski definition) is 3. The van der Waals surface area contributed by atoms with E-state index in [4.69, 9.17) is 4.74 Å². The molecule has 6 heteroatoms. The van der Waals surface area contributed by atoms with E-state index < -0.39 is 5.82 Å². The molecule has 0 radical (unpaired) electrons. The van der Waals surface area contributed by atoms with Gasteiger partial charge < -0.3 is 20.5 Å². The van der Waals surface area contributed by atoms with Crippen LogP contribution < -0.4 is 10.6 Å². The molecular weight excluding hydrogens is 309 g/mol. The average Bonchev–Trinajstić information content (AvgIpc) is 3.05. The first-order chi connectivity index (χ1) is 11.6. The molecule has 1 aliphatic rings. The summed E-state index contributed by atoms with van der Waals surface area (Å²) in [5, 5.41) is 15.8. The fraction of sp³-hybridized carbons (Fsp3) is 0.611. The van der Waals surface area contributed by atoms with E-state index in [-0.39, 0.29) is 11.2 Å². The first-order valence-electron chi connectivity index (χ1n) is 8.49. The molecule has 1 saturated carbocycles. The van der Waals surface area contributed by atoms with Crippen LogP contribution in [0, 0.1) is 11.2 Å². The molecule has 0 amide bonds. The second-order valence-electron chi connectivity index (χ2n) is 6.51. The second kappa shape index (κ2) is 8.87. The summed E-state index contributed by atoms with van der Waals surface area (Å²) in [6, 6.07) is 4.38. The molecule has 1 aliphatic carbocycles. The van der Waals surface area contributed by atoms with Crippen LogP contribution in [0.5, 0.6) is 5.75 Å². The molecule has 1 aromatic rings. The molecule has 0 atom stereocenters. The summed E-state index contributed by atoms with van der Waals surface area (Å²) in [7, 11) is 3.47. The third-order valence-electron chi connectivity index (χ3n) is 4.83. The Morgan fingerprint density at radius 1 is 1.33 bits per heavy atom. The van der Waals surface area contributed by atoms with Crippen molar-refractivity contribution in [2.45, 2.75) is 38.6 Å². The number of nitrogens with zero attached hydrogens (tertiary/aromatic N) is 1. The van der Waals surface area contributed by atoms with E-state index in [1.165, 1.54) is 37.8 Å². The van der Waals surface area contributed by atoms with Crippen molar-refractivity contribution in [1.82, 2.24) is 10.6 Å². The van der Waals surface area contributed by atoms with Gasteiger partial charge in [0.05, 0.1) is 0 Å². The van der Waals surface area contributed by atoms with Gasteiger partial charge in [-0.3, -0.25) is 4.99 Å². The van der Waals surface area contributed by atoms with Crippen LogP contribution in [-0.4, -0.2) is 38.4 Å². The van der Waals surface area contributed by atoms with E-state index in [2.05, 4.69) is 15.6 Å². The molecule has 5 nitrogen and oxygen atoms in total. The number of ether oxygens (including phenoxy) is 1. The van der Waals surface area contributed by atoms with Crippen molar-refractivity contribution in [1.29, 1.82) is 0 Å². The Morgan fingerprint density at radius 3 is 2.71 bits per heavy atom. The van der Waals surface area contributed by atoms with Gasteiger partial charge in [0.15, 0.2) is 17.5 Å². The van der Waals surface area contributed by atoms with Crippen LogP contribution in [0.3, 0.4) is 0 Å². The number of aliphatic imine (C=N–C) groups is 1. The number of nitrogens with one attached hydrogen (secondary N) is 2. The molecule has 0 saturated heterocycles. The molecule has 1 fully saturated rings. The molecule has 0 bridgehead atoms. The van der Waals surface area contributed by atoms with Crippen molar-refractivity contribution >= 4 is 5.96 Å². The normalized spacial score (nSPS) is 17.0. The lowest BCUT2D eigenvalue weighted by molar-refractivity contribution is 0.138. The van der Waals surface area contributed by atoms with E-state index in [0.29, 0.717) is 12.5 Å². The zero-order valence-corrected chi connectivity index (χ0v) is 14.6. The lowest BCUT2D eigenvalue weighted by atomic mass is 9.83. The van der Waals surface area contributed by atoms with Gasteiger partial charge in [-0.2, -0.15) is 0 Å². The van der Waals surface area contributed by atoms with E-state index >= 15 is 0 Å². The Labute approximate surface area is 143 Å². The maximum Gasteiger partial charge on any atom is 0.191 e. The number of guanidine groups is 1. The quantitative estimate of drug-likeness (QED) is 0.529. The van der Waals surface area contributed by atoms with E-state index in [9.17, 15) is 9.50 Å². The van der Waals surface area contributed by atoms with Crippen molar-refractivity contribution in [2.24, 2.45) is 10.4 Å². The highest BCUT2D eigenvalue weighted by atomic mass is 19.1. The summed E-state index contributed by atoms with van der Waals surface area (Å²) in [6.07, 6.45) is 6.01. The lowest BCUT2D eigenvalue weighted by Crippen LogP contribution is -2.43. The van der Waals surface area contributed by atoms with Gasteiger partial charge in [-0.15, -0.1) is 0 Å². The smallest absolute Gasteiger partial charge is 0.191 e. The summed E-state index contributed by atoms with van der Waals surface area (Å²) in [6.45, 7) is 2.09. The number of rotatable bonds is 7. The third kappa shape index (κ3) is 5.09. The number of halogens is 1. The first-order valence-corrected chi connectivity index (χ1v) is 8.49. The summed E-state index contributed by atoms with van der Waals surface area (Å²) >= 11 is 0. The number of phenolic OH excluding ortho intramolecular Hbond substituents is 1. The van der Waals surface area contributed by atoms with Crippen molar-refractivity contribution in [3.05, 3.63) is 29.6 Å². The van der Waals surface area contributed by atoms with Gasteiger partial charge in [0, 0.05) is 33.9 Å².